The van der Waals surface area contributed by atoms with E-state index in [1.807, 2.05) is 7.05 Å². The summed E-state index contributed by atoms with van der Waals surface area (Å²) < 4.78 is 11.6. The predicted molar refractivity (Wildman–Crippen MR) is 117 cm³/mol. The fourth-order valence-corrected chi connectivity index (χ4v) is 3.91. The van der Waals surface area contributed by atoms with Crippen molar-refractivity contribution in [3.05, 3.63) is 65.2 Å². The molecule has 1 saturated carbocycles. The number of hydrogen-bond acceptors (Lipinski definition) is 3. The van der Waals surface area contributed by atoms with Crippen molar-refractivity contribution in [2.75, 3.05) is 26.8 Å². The lowest BCUT2D eigenvalue weighted by atomic mass is 10.1. The van der Waals surface area contributed by atoms with E-state index < -0.39 is 0 Å². The molecule has 2 fully saturated rings. The van der Waals surface area contributed by atoms with E-state index >= 15 is 0 Å². The van der Waals surface area contributed by atoms with E-state index in [4.69, 9.17) is 9.47 Å². The van der Waals surface area contributed by atoms with Crippen LogP contribution >= 0.6 is 0 Å². The van der Waals surface area contributed by atoms with Gasteiger partial charge in [0.25, 0.3) is 0 Å². The molecule has 2 aromatic carbocycles. The molecule has 5 nitrogen and oxygen atoms in total. The Kier molecular flexibility index (Phi) is 6.35. The van der Waals surface area contributed by atoms with Crippen molar-refractivity contribution in [2.24, 2.45) is 10.9 Å². The zero-order chi connectivity index (χ0) is 20.1. The van der Waals surface area contributed by atoms with Crippen LogP contribution in [0.15, 0.2) is 53.5 Å². The molecule has 0 radical (unpaired) electrons. The van der Waals surface area contributed by atoms with Crippen LogP contribution in [0, 0.1) is 12.8 Å². The summed E-state index contributed by atoms with van der Waals surface area (Å²) in [6, 6.07) is 17.1. The van der Waals surface area contributed by atoms with Gasteiger partial charge in [-0.1, -0.05) is 42.5 Å². The second kappa shape index (κ2) is 9.31. The first-order valence-electron chi connectivity index (χ1n) is 10.6. The summed E-state index contributed by atoms with van der Waals surface area (Å²) in [4.78, 5) is 4.38. The maximum atomic E-state index is 6.20. The number of guanidine groups is 1. The molecule has 5 heteroatoms. The lowest BCUT2D eigenvalue weighted by Gasteiger charge is -2.18. The highest BCUT2D eigenvalue weighted by Crippen LogP contribution is 2.46. The molecule has 3 unspecified atom stereocenters. The van der Waals surface area contributed by atoms with Crippen LogP contribution in [-0.4, -0.2) is 38.9 Å². The summed E-state index contributed by atoms with van der Waals surface area (Å²) in [6.45, 7) is 5.17. The van der Waals surface area contributed by atoms with Gasteiger partial charge in [-0.3, -0.25) is 4.99 Å². The van der Waals surface area contributed by atoms with Crippen LogP contribution in [0.5, 0.6) is 5.75 Å². The highest BCUT2D eigenvalue weighted by atomic mass is 16.5. The van der Waals surface area contributed by atoms with Crippen LogP contribution < -0.4 is 15.4 Å². The predicted octanol–water partition coefficient (Wildman–Crippen LogP) is 3.63. The van der Waals surface area contributed by atoms with Gasteiger partial charge in [0.2, 0.25) is 0 Å². The van der Waals surface area contributed by atoms with Crippen molar-refractivity contribution in [2.45, 2.75) is 38.3 Å². The van der Waals surface area contributed by atoms with Gasteiger partial charge >= 0.3 is 0 Å². The van der Waals surface area contributed by atoms with Gasteiger partial charge in [0.1, 0.15) is 11.9 Å². The summed E-state index contributed by atoms with van der Waals surface area (Å²) in [6.07, 6.45) is 2.35. The van der Waals surface area contributed by atoms with Crippen LogP contribution in [-0.2, 0) is 11.3 Å². The van der Waals surface area contributed by atoms with Gasteiger partial charge in [0, 0.05) is 32.1 Å². The van der Waals surface area contributed by atoms with E-state index in [9.17, 15) is 0 Å². The molecule has 0 amide bonds. The van der Waals surface area contributed by atoms with Gasteiger partial charge < -0.3 is 20.1 Å². The summed E-state index contributed by atoms with van der Waals surface area (Å²) in [5.41, 5.74) is 3.78. The lowest BCUT2D eigenvalue weighted by Crippen LogP contribution is -2.38. The number of hydrogen-bond donors (Lipinski definition) is 2. The van der Waals surface area contributed by atoms with Crippen molar-refractivity contribution >= 4 is 5.96 Å². The van der Waals surface area contributed by atoms with E-state index in [1.165, 1.54) is 17.5 Å². The Hall–Kier alpha value is -2.53. The first-order valence-corrected chi connectivity index (χ1v) is 10.6. The average Bonchev–Trinajstić information content (AvgIpc) is 3.35. The molecule has 4 rings (SSSR count). The minimum atomic E-state index is 0.151. The molecule has 2 N–H and O–H groups in total. The van der Waals surface area contributed by atoms with Crippen molar-refractivity contribution in [1.29, 1.82) is 0 Å². The number of nitrogens with zero attached hydrogens (tertiary/aromatic N) is 1. The number of aliphatic imine (C=N–C) groups is 1. The van der Waals surface area contributed by atoms with Crippen molar-refractivity contribution in [3.8, 4) is 5.75 Å². The van der Waals surface area contributed by atoms with Gasteiger partial charge in [-0.15, -0.1) is 0 Å². The number of nitrogens with one attached hydrogen (secondary N) is 2. The zero-order valence-electron chi connectivity index (χ0n) is 17.4. The van der Waals surface area contributed by atoms with Gasteiger partial charge in [-0.05, 0) is 42.4 Å². The molecule has 1 aliphatic heterocycles. The fraction of sp³-hybridized carbons (Fsp3) is 0.458. The maximum Gasteiger partial charge on any atom is 0.191 e. The minimum absolute atomic E-state index is 0.151. The Morgan fingerprint density at radius 1 is 1.17 bits per heavy atom. The van der Waals surface area contributed by atoms with Crippen LogP contribution in [0.25, 0.3) is 0 Å². The molecule has 0 spiro atoms. The molecule has 0 aromatic heterocycles. The largest absolute Gasteiger partial charge is 0.488 e. The highest BCUT2D eigenvalue weighted by Gasteiger charge is 2.37. The van der Waals surface area contributed by atoms with Crippen molar-refractivity contribution in [3.63, 3.8) is 0 Å². The second-order valence-electron chi connectivity index (χ2n) is 8.03. The molecular formula is C24H31N3O2. The Bertz CT molecular complexity index is 831. The Balaban J connectivity index is 1.29. The topological polar surface area (TPSA) is 54.9 Å². The molecule has 1 aliphatic carbocycles. The van der Waals surface area contributed by atoms with Gasteiger partial charge in [-0.2, -0.15) is 0 Å². The van der Waals surface area contributed by atoms with Gasteiger partial charge in [-0.25, -0.2) is 0 Å². The number of aryl methyl sites for hydroxylation is 1. The Morgan fingerprint density at radius 3 is 2.79 bits per heavy atom. The molecular weight excluding hydrogens is 362 g/mol. The quantitative estimate of drug-likeness (QED) is 0.557. The Morgan fingerprint density at radius 2 is 2.03 bits per heavy atom. The second-order valence-corrected chi connectivity index (χ2v) is 8.03. The van der Waals surface area contributed by atoms with Crippen molar-refractivity contribution in [1.82, 2.24) is 10.6 Å². The van der Waals surface area contributed by atoms with Gasteiger partial charge in [0.05, 0.1) is 13.2 Å². The normalized spacial score (nSPS) is 23.7. The van der Waals surface area contributed by atoms with E-state index in [1.54, 1.807) is 0 Å². The third kappa shape index (κ3) is 5.30. The van der Waals surface area contributed by atoms with E-state index in [0.717, 1.165) is 36.8 Å². The first kappa shape index (κ1) is 19.8. The third-order valence-electron chi connectivity index (χ3n) is 5.76. The van der Waals surface area contributed by atoms with Crippen LogP contribution in [0.4, 0.5) is 0 Å². The molecule has 154 valence electrons. The molecule has 1 heterocycles. The average molecular weight is 394 g/mol. The highest BCUT2D eigenvalue weighted by molar-refractivity contribution is 5.79. The minimum Gasteiger partial charge on any atom is -0.488 e. The number of rotatable bonds is 7. The van der Waals surface area contributed by atoms with E-state index in [-0.39, 0.29) is 6.10 Å². The van der Waals surface area contributed by atoms with Crippen LogP contribution in [0.3, 0.4) is 0 Å². The molecule has 2 aromatic rings. The number of benzene rings is 2. The summed E-state index contributed by atoms with van der Waals surface area (Å²) >= 11 is 0. The lowest BCUT2D eigenvalue weighted by molar-refractivity contribution is 0.140. The Labute approximate surface area is 173 Å². The third-order valence-corrected chi connectivity index (χ3v) is 5.76. The molecule has 1 saturated heterocycles. The van der Waals surface area contributed by atoms with Crippen molar-refractivity contribution < 1.29 is 9.47 Å². The molecule has 2 aliphatic rings. The fourth-order valence-electron chi connectivity index (χ4n) is 3.91. The first-order chi connectivity index (χ1) is 14.2. The standard InChI is InChI=1S/C24H31N3O2/c1-17-8-9-19(23(12-17)29-21-10-11-28-16-21)14-26-24(25-2)27-15-20-13-22(20)18-6-4-3-5-7-18/h3-9,12,20-22H,10-11,13-16H2,1-2H3,(H2,25,26,27). The zero-order valence-corrected chi connectivity index (χ0v) is 17.4. The monoisotopic (exact) mass is 393 g/mol. The summed E-state index contributed by atoms with van der Waals surface area (Å²) in [5, 5.41) is 6.92. The molecule has 3 atom stereocenters. The molecule has 29 heavy (non-hydrogen) atoms. The molecule has 0 bridgehead atoms. The van der Waals surface area contributed by atoms with Crippen LogP contribution in [0.1, 0.15) is 35.4 Å². The number of ether oxygens (including phenoxy) is 2. The SMILES string of the molecule is CN=C(NCc1ccc(C)cc1OC1CCOC1)NCC1CC1c1ccccc1. The van der Waals surface area contributed by atoms with Crippen LogP contribution in [0.2, 0.25) is 0 Å². The van der Waals surface area contributed by atoms with Gasteiger partial charge in [0.15, 0.2) is 5.96 Å². The van der Waals surface area contributed by atoms with E-state index in [0.29, 0.717) is 25.0 Å². The summed E-state index contributed by atoms with van der Waals surface area (Å²) in [7, 11) is 1.82. The maximum absolute atomic E-state index is 6.20. The smallest absolute Gasteiger partial charge is 0.191 e. The van der Waals surface area contributed by atoms with E-state index in [2.05, 4.69) is 71.1 Å². The summed E-state index contributed by atoms with van der Waals surface area (Å²) in [5.74, 6) is 3.12.